The van der Waals surface area contributed by atoms with Crippen molar-refractivity contribution >= 4 is 0 Å². The predicted octanol–water partition coefficient (Wildman–Crippen LogP) is 16.4. The normalized spacial score (nSPS) is 13.0. The van der Waals surface area contributed by atoms with Crippen LogP contribution >= 0.6 is 0 Å². The molecule has 0 radical (unpaired) electrons. The Labute approximate surface area is 304 Å². The van der Waals surface area contributed by atoms with Crippen LogP contribution in [-0.4, -0.2) is 4.98 Å². The highest BCUT2D eigenvalue weighted by molar-refractivity contribution is 4.90. The minimum atomic E-state index is 0.618. The molecule has 1 aromatic heterocycles. The largest absolute Gasteiger partial charge is 0.257 e. The first-order chi connectivity index (χ1) is 23.7. The van der Waals surface area contributed by atoms with Gasteiger partial charge < -0.3 is 0 Å². The van der Waals surface area contributed by atoms with E-state index in [1.165, 1.54) is 243 Å². The van der Waals surface area contributed by atoms with Crippen LogP contribution in [0, 0.1) is 0 Å². The Morgan fingerprint density at radius 1 is 0.396 bits per heavy atom. The average molecular weight is 672 g/mol. The number of aromatic amines is 1. The Kier molecular flexibility index (Phi) is 33.9. The molecule has 284 valence electrons. The number of hydrogen-bond donors (Lipinski definition) is 1. The summed E-state index contributed by atoms with van der Waals surface area (Å²) in [5, 5.41) is 0. The fourth-order valence-corrected chi connectivity index (χ4v) is 8.02. The Bertz CT molecular complexity index is 738. The number of aromatic nitrogens is 2. The summed E-state index contributed by atoms with van der Waals surface area (Å²) >= 11 is 0. The molecular formula is C46H91N2+. The van der Waals surface area contributed by atoms with Gasteiger partial charge >= 0.3 is 0 Å². The van der Waals surface area contributed by atoms with Gasteiger partial charge in [0.2, 0.25) is 0 Å². The molecule has 48 heavy (non-hydrogen) atoms. The Hall–Kier alpha value is -0.790. The quantitative estimate of drug-likeness (QED) is 0.0531. The minimum Gasteiger partial charge on any atom is -0.247 e. The smallest absolute Gasteiger partial charge is 0.247 e. The van der Waals surface area contributed by atoms with Gasteiger partial charge in [0.1, 0.15) is 12.4 Å². The minimum absolute atomic E-state index is 0.618. The maximum Gasteiger partial charge on any atom is 0.257 e. The maximum atomic E-state index is 3.75. The van der Waals surface area contributed by atoms with E-state index < -0.39 is 0 Å². The monoisotopic (exact) mass is 672 g/mol. The summed E-state index contributed by atoms with van der Waals surface area (Å²) in [5.74, 6) is 2.24. The summed E-state index contributed by atoms with van der Waals surface area (Å²) in [5.41, 5.74) is 0. The van der Waals surface area contributed by atoms with Gasteiger partial charge in [0.15, 0.2) is 0 Å². The van der Waals surface area contributed by atoms with Crippen LogP contribution in [0.15, 0.2) is 12.4 Å². The van der Waals surface area contributed by atoms with Crippen LogP contribution in [0.4, 0.5) is 0 Å². The predicted molar refractivity (Wildman–Crippen MR) is 216 cm³/mol. The number of nitrogens with zero attached hydrogens (tertiary/aromatic N) is 1. The Balaban J connectivity index is 2.21. The van der Waals surface area contributed by atoms with Crippen molar-refractivity contribution in [3.8, 4) is 0 Å². The second-order valence-electron chi connectivity index (χ2n) is 16.1. The number of nitrogens with one attached hydrogen (secondary N) is 1. The van der Waals surface area contributed by atoms with Crippen molar-refractivity contribution in [2.24, 2.45) is 0 Å². The van der Waals surface area contributed by atoms with E-state index in [4.69, 9.17) is 0 Å². The molecular weight excluding hydrogens is 581 g/mol. The molecule has 0 amide bonds. The fraction of sp³-hybridized carbons (Fsp3) is 0.935. The highest BCUT2D eigenvalue weighted by atomic mass is 15.1. The van der Waals surface area contributed by atoms with Gasteiger partial charge in [0, 0.05) is 0 Å². The molecule has 1 aromatic rings. The lowest BCUT2D eigenvalue weighted by molar-refractivity contribution is -0.727. The van der Waals surface area contributed by atoms with Crippen molar-refractivity contribution in [2.45, 2.75) is 277 Å². The van der Waals surface area contributed by atoms with E-state index >= 15 is 0 Å². The molecule has 0 aliphatic heterocycles. The van der Waals surface area contributed by atoms with E-state index in [-0.39, 0.29) is 0 Å². The van der Waals surface area contributed by atoms with Crippen LogP contribution < -0.4 is 4.57 Å². The average Bonchev–Trinajstić information content (AvgIpc) is 3.59. The van der Waals surface area contributed by atoms with Crippen molar-refractivity contribution in [3.63, 3.8) is 0 Å². The number of rotatable bonds is 39. The Morgan fingerprint density at radius 3 is 1.00 bits per heavy atom. The second-order valence-corrected chi connectivity index (χ2v) is 16.1. The number of H-pyrrole nitrogens is 1. The van der Waals surface area contributed by atoms with Gasteiger partial charge in [-0.1, -0.05) is 233 Å². The van der Waals surface area contributed by atoms with Crippen LogP contribution in [0.5, 0.6) is 0 Å². The van der Waals surface area contributed by atoms with Crippen LogP contribution in [-0.2, 0) is 0 Å². The zero-order chi connectivity index (χ0) is 34.6. The molecule has 0 saturated heterocycles. The van der Waals surface area contributed by atoms with E-state index in [0.717, 1.165) is 0 Å². The lowest BCUT2D eigenvalue weighted by atomic mass is 9.93. The number of hydrogen-bond acceptors (Lipinski definition) is 0. The molecule has 0 spiro atoms. The maximum absolute atomic E-state index is 3.75. The van der Waals surface area contributed by atoms with Gasteiger partial charge in [-0.05, 0) is 32.6 Å². The molecule has 2 nitrogen and oxygen atoms in total. The van der Waals surface area contributed by atoms with Crippen LogP contribution in [0.3, 0.4) is 0 Å². The van der Waals surface area contributed by atoms with E-state index in [1.54, 1.807) is 0 Å². The number of unbranched alkanes of at least 4 members (excludes halogenated alkanes) is 31. The van der Waals surface area contributed by atoms with Gasteiger partial charge in [-0.15, -0.1) is 0 Å². The first kappa shape index (κ1) is 45.2. The lowest BCUT2D eigenvalue weighted by Crippen LogP contribution is -2.41. The van der Waals surface area contributed by atoms with Gasteiger partial charge in [-0.25, -0.2) is 9.55 Å². The molecule has 1 N–H and O–H groups in total. The van der Waals surface area contributed by atoms with E-state index in [1.807, 2.05) is 0 Å². The Morgan fingerprint density at radius 2 is 0.667 bits per heavy atom. The summed E-state index contributed by atoms with van der Waals surface area (Å²) in [6, 6.07) is 0.618. The van der Waals surface area contributed by atoms with Crippen LogP contribution in [0.25, 0.3) is 0 Å². The van der Waals surface area contributed by atoms with Crippen molar-refractivity contribution < 1.29 is 4.57 Å². The van der Waals surface area contributed by atoms with E-state index in [2.05, 4.69) is 49.6 Å². The van der Waals surface area contributed by atoms with Gasteiger partial charge in [-0.2, -0.15) is 0 Å². The topological polar surface area (TPSA) is 19.7 Å². The summed E-state index contributed by atoms with van der Waals surface area (Å²) < 4.78 is 2.64. The molecule has 2 atom stereocenters. The van der Waals surface area contributed by atoms with E-state index in [0.29, 0.717) is 12.0 Å². The van der Waals surface area contributed by atoms with Gasteiger partial charge in [-0.3, -0.25) is 0 Å². The molecule has 2 unspecified atom stereocenters. The van der Waals surface area contributed by atoms with Crippen LogP contribution in [0.1, 0.15) is 283 Å². The first-order valence-electron chi connectivity index (χ1n) is 22.8. The summed E-state index contributed by atoms with van der Waals surface area (Å²) in [6.07, 6.45) is 57.6. The zero-order valence-electron chi connectivity index (χ0n) is 33.9. The molecule has 1 heterocycles. The zero-order valence-corrected chi connectivity index (χ0v) is 33.9. The van der Waals surface area contributed by atoms with Crippen LogP contribution in [0.2, 0.25) is 0 Å². The molecule has 0 bridgehead atoms. The third-order valence-corrected chi connectivity index (χ3v) is 11.4. The molecule has 0 fully saturated rings. The van der Waals surface area contributed by atoms with Crippen molar-refractivity contribution in [1.82, 2.24) is 4.98 Å². The van der Waals surface area contributed by atoms with Crippen molar-refractivity contribution in [1.29, 1.82) is 0 Å². The molecule has 0 aliphatic carbocycles. The first-order valence-corrected chi connectivity index (χ1v) is 22.8. The van der Waals surface area contributed by atoms with E-state index in [9.17, 15) is 0 Å². The second kappa shape index (κ2) is 36.0. The van der Waals surface area contributed by atoms with Crippen molar-refractivity contribution in [3.05, 3.63) is 18.2 Å². The summed E-state index contributed by atoms with van der Waals surface area (Å²) in [4.78, 5) is 3.75. The third-order valence-electron chi connectivity index (χ3n) is 11.4. The molecule has 0 aliphatic rings. The molecule has 0 aromatic carbocycles. The standard InChI is InChI=1S/C46H90N2/c1-5-8-11-14-16-18-20-22-24-26-28-30-32-34-36-39-44(4)48-43-42-47-46(48)45(40-37-13-10-7-3)41-38-35-33-31-29-27-25-23-21-19-17-15-12-9-6-2/h42-45H,5-41H2,1-4H3/p+1. The van der Waals surface area contributed by atoms with Gasteiger partial charge in [0.25, 0.3) is 5.82 Å². The highest BCUT2D eigenvalue weighted by Crippen LogP contribution is 2.27. The summed E-state index contributed by atoms with van der Waals surface area (Å²) in [6.45, 7) is 9.44. The van der Waals surface area contributed by atoms with Crippen molar-refractivity contribution in [2.75, 3.05) is 0 Å². The SMILES string of the molecule is CCCCCCCCCCCCCCCCCC(CCCCCC)c1[nH]cc[n+]1C(C)CCCCCCCCCCCCCCCCC. The third kappa shape index (κ3) is 27.0. The fourth-order valence-electron chi connectivity index (χ4n) is 8.02. The number of imidazole rings is 1. The van der Waals surface area contributed by atoms with Gasteiger partial charge in [0.05, 0.1) is 12.0 Å². The molecule has 1 rings (SSSR count). The molecule has 2 heteroatoms. The highest BCUT2D eigenvalue weighted by Gasteiger charge is 2.25. The summed E-state index contributed by atoms with van der Waals surface area (Å²) in [7, 11) is 0. The molecule has 0 saturated carbocycles. The lowest BCUT2D eigenvalue weighted by Gasteiger charge is -2.17.